The minimum atomic E-state index is 0.323. The molecule has 4 aliphatic carbocycles. The molecule has 0 radical (unpaired) electrons. The van der Waals surface area contributed by atoms with Crippen LogP contribution in [0.5, 0.6) is 11.5 Å². The van der Waals surface area contributed by atoms with Gasteiger partial charge in [0.05, 0.1) is 6.61 Å². The first-order valence-electron chi connectivity index (χ1n) is 11.9. The minimum absolute atomic E-state index is 0.323. The number of aryl methyl sites for hydroxylation is 1. The smallest absolute Gasteiger partial charge is 0.163 e. The van der Waals surface area contributed by atoms with E-state index in [4.69, 9.17) is 21.1 Å². The van der Waals surface area contributed by atoms with Gasteiger partial charge in [-0.3, -0.25) is 0 Å². The van der Waals surface area contributed by atoms with Crippen molar-refractivity contribution in [3.8, 4) is 11.5 Å². The lowest BCUT2D eigenvalue weighted by Gasteiger charge is -2.57. The average molecular weight is 440 g/mol. The molecule has 4 saturated carbocycles. The van der Waals surface area contributed by atoms with Crippen LogP contribution in [0.4, 0.5) is 0 Å². The van der Waals surface area contributed by atoms with Crippen molar-refractivity contribution in [3.05, 3.63) is 58.1 Å². The summed E-state index contributed by atoms with van der Waals surface area (Å²) < 4.78 is 12.1. The number of hydrogen-bond acceptors (Lipinski definition) is 3. The molecule has 2 aromatic carbocycles. The molecule has 0 saturated heterocycles. The first kappa shape index (κ1) is 21.2. The van der Waals surface area contributed by atoms with Crippen molar-refractivity contribution in [2.45, 2.75) is 71.1 Å². The van der Waals surface area contributed by atoms with Gasteiger partial charge < -0.3 is 14.8 Å². The monoisotopic (exact) mass is 439 g/mol. The molecular formula is C27H34ClNO2. The van der Waals surface area contributed by atoms with Gasteiger partial charge >= 0.3 is 0 Å². The fourth-order valence-corrected chi connectivity index (χ4v) is 6.85. The molecule has 6 rings (SSSR count). The topological polar surface area (TPSA) is 30.5 Å². The van der Waals surface area contributed by atoms with Crippen LogP contribution < -0.4 is 14.8 Å². The zero-order valence-corrected chi connectivity index (χ0v) is 19.5. The molecule has 31 heavy (non-hydrogen) atoms. The highest BCUT2D eigenvalue weighted by atomic mass is 35.5. The molecule has 0 aromatic heterocycles. The van der Waals surface area contributed by atoms with Gasteiger partial charge in [0.25, 0.3) is 0 Å². The summed E-state index contributed by atoms with van der Waals surface area (Å²) in [6, 6.07) is 12.3. The fraction of sp³-hybridized carbons (Fsp3) is 0.556. The summed E-state index contributed by atoms with van der Waals surface area (Å²) in [5.41, 5.74) is 3.82. The molecule has 0 amide bonds. The second-order valence-electron chi connectivity index (χ2n) is 10.1. The van der Waals surface area contributed by atoms with Crippen molar-refractivity contribution in [2.24, 2.45) is 17.8 Å². The van der Waals surface area contributed by atoms with Gasteiger partial charge in [-0.25, -0.2) is 0 Å². The SMILES string of the molecule is CCOc1cc(CNC23CC4CC(CC(C4)C2)C3)c(Cl)cc1OCc1ccccc1C. The van der Waals surface area contributed by atoms with Crippen LogP contribution in [0.2, 0.25) is 5.02 Å². The average Bonchev–Trinajstić information content (AvgIpc) is 2.73. The van der Waals surface area contributed by atoms with E-state index in [9.17, 15) is 0 Å². The van der Waals surface area contributed by atoms with E-state index in [-0.39, 0.29) is 0 Å². The predicted molar refractivity (Wildman–Crippen MR) is 126 cm³/mol. The third-order valence-corrected chi connectivity index (χ3v) is 8.10. The molecule has 166 valence electrons. The second kappa shape index (κ2) is 8.67. The Labute approximate surface area is 191 Å². The molecule has 0 spiro atoms. The van der Waals surface area contributed by atoms with Crippen LogP contribution in [0, 0.1) is 24.7 Å². The third kappa shape index (κ3) is 4.45. The molecule has 0 unspecified atom stereocenters. The summed E-state index contributed by atoms with van der Waals surface area (Å²) in [4.78, 5) is 0. The number of benzene rings is 2. The number of rotatable bonds is 8. The molecule has 1 N–H and O–H groups in total. The van der Waals surface area contributed by atoms with Crippen molar-refractivity contribution in [1.82, 2.24) is 5.32 Å². The summed E-state index contributed by atoms with van der Waals surface area (Å²) in [6.45, 7) is 6.02. The summed E-state index contributed by atoms with van der Waals surface area (Å²) in [7, 11) is 0. The van der Waals surface area contributed by atoms with Gasteiger partial charge in [-0.2, -0.15) is 0 Å². The lowest BCUT2D eigenvalue weighted by atomic mass is 9.53. The van der Waals surface area contributed by atoms with Gasteiger partial charge in [0.15, 0.2) is 11.5 Å². The molecule has 2 aromatic rings. The Balaban J connectivity index is 1.30. The maximum Gasteiger partial charge on any atom is 0.163 e. The number of halogens is 1. The van der Waals surface area contributed by atoms with Crippen LogP contribution in [0.1, 0.15) is 62.1 Å². The van der Waals surface area contributed by atoms with E-state index < -0.39 is 0 Å². The normalized spacial score (nSPS) is 28.7. The quantitative estimate of drug-likeness (QED) is 0.497. The van der Waals surface area contributed by atoms with E-state index in [1.54, 1.807) is 0 Å². The van der Waals surface area contributed by atoms with Crippen LogP contribution in [0.25, 0.3) is 0 Å². The fourth-order valence-electron chi connectivity index (χ4n) is 6.63. The lowest BCUT2D eigenvalue weighted by molar-refractivity contribution is -0.0206. The van der Waals surface area contributed by atoms with Crippen molar-refractivity contribution in [1.29, 1.82) is 0 Å². The van der Waals surface area contributed by atoms with E-state index in [0.717, 1.165) is 40.6 Å². The van der Waals surface area contributed by atoms with Crippen molar-refractivity contribution < 1.29 is 9.47 Å². The van der Waals surface area contributed by atoms with Crippen molar-refractivity contribution in [3.63, 3.8) is 0 Å². The Morgan fingerprint density at radius 2 is 1.58 bits per heavy atom. The second-order valence-corrected chi connectivity index (χ2v) is 10.5. The Bertz CT molecular complexity index is 906. The lowest BCUT2D eigenvalue weighted by Crippen LogP contribution is -2.58. The van der Waals surface area contributed by atoms with Crippen LogP contribution in [-0.2, 0) is 13.2 Å². The molecule has 4 bridgehead atoms. The van der Waals surface area contributed by atoms with Gasteiger partial charge in [-0.05, 0) is 92.9 Å². The Hall–Kier alpha value is -1.71. The van der Waals surface area contributed by atoms with Crippen LogP contribution in [0.3, 0.4) is 0 Å². The van der Waals surface area contributed by atoms with Crippen molar-refractivity contribution >= 4 is 11.6 Å². The molecule has 4 heteroatoms. The first-order valence-corrected chi connectivity index (χ1v) is 12.3. The molecule has 0 aliphatic heterocycles. The number of ether oxygens (including phenoxy) is 2. The largest absolute Gasteiger partial charge is 0.490 e. The van der Waals surface area contributed by atoms with Crippen LogP contribution in [-0.4, -0.2) is 12.1 Å². The number of nitrogens with one attached hydrogen (secondary N) is 1. The van der Waals surface area contributed by atoms with Gasteiger partial charge in [-0.15, -0.1) is 0 Å². The highest BCUT2D eigenvalue weighted by molar-refractivity contribution is 6.31. The summed E-state index contributed by atoms with van der Waals surface area (Å²) >= 11 is 6.73. The summed E-state index contributed by atoms with van der Waals surface area (Å²) in [6.07, 6.45) is 8.40. The van der Waals surface area contributed by atoms with E-state index >= 15 is 0 Å². The summed E-state index contributed by atoms with van der Waals surface area (Å²) in [5, 5.41) is 4.71. The van der Waals surface area contributed by atoms with Crippen LogP contribution in [0.15, 0.2) is 36.4 Å². The third-order valence-electron chi connectivity index (χ3n) is 7.75. The molecular weight excluding hydrogens is 406 g/mol. The highest BCUT2D eigenvalue weighted by Crippen LogP contribution is 2.55. The first-order chi connectivity index (χ1) is 15.0. The molecule has 3 nitrogen and oxygen atoms in total. The zero-order valence-electron chi connectivity index (χ0n) is 18.8. The Kier molecular flexibility index (Phi) is 5.92. The molecule has 0 heterocycles. The van der Waals surface area contributed by atoms with E-state index in [1.807, 2.05) is 25.1 Å². The van der Waals surface area contributed by atoms with E-state index in [0.29, 0.717) is 24.5 Å². The zero-order chi connectivity index (χ0) is 21.4. The van der Waals surface area contributed by atoms with Gasteiger partial charge in [0.1, 0.15) is 6.61 Å². The van der Waals surface area contributed by atoms with Gasteiger partial charge in [-0.1, -0.05) is 35.9 Å². The predicted octanol–water partition coefficient (Wildman–Crippen LogP) is 6.68. The molecule has 0 atom stereocenters. The highest BCUT2D eigenvalue weighted by Gasteiger charge is 2.50. The summed E-state index contributed by atoms with van der Waals surface area (Å²) in [5.74, 6) is 4.30. The maximum atomic E-state index is 6.73. The maximum absolute atomic E-state index is 6.73. The van der Waals surface area contributed by atoms with E-state index in [1.165, 1.54) is 49.7 Å². The van der Waals surface area contributed by atoms with Crippen LogP contribution >= 0.6 is 11.6 Å². The minimum Gasteiger partial charge on any atom is -0.490 e. The molecule has 4 aliphatic rings. The Morgan fingerprint density at radius 1 is 0.935 bits per heavy atom. The van der Waals surface area contributed by atoms with Crippen molar-refractivity contribution in [2.75, 3.05) is 6.61 Å². The molecule has 4 fully saturated rings. The standard InChI is InChI=1S/C27H34ClNO2/c1-3-30-25-11-23(16-29-27-13-19-8-20(14-27)10-21(9-19)15-27)24(28)12-26(25)31-17-22-7-5-4-6-18(22)2/h4-7,11-12,19-21,29H,3,8-10,13-17H2,1-2H3. The van der Waals surface area contributed by atoms with Gasteiger partial charge in [0.2, 0.25) is 0 Å². The van der Waals surface area contributed by atoms with Gasteiger partial charge in [0, 0.05) is 23.2 Å². The van der Waals surface area contributed by atoms with E-state index in [2.05, 4.69) is 30.4 Å². The number of hydrogen-bond donors (Lipinski definition) is 1. The Morgan fingerprint density at radius 3 is 2.23 bits per heavy atom.